The lowest BCUT2D eigenvalue weighted by atomic mass is 10.0. The van der Waals surface area contributed by atoms with Crippen molar-refractivity contribution in [3.63, 3.8) is 0 Å². The summed E-state index contributed by atoms with van der Waals surface area (Å²) in [6.45, 7) is 0.500. The Bertz CT molecular complexity index is 64.6. The predicted octanol–water partition coefficient (Wildman–Crippen LogP) is 2.30. The summed E-state index contributed by atoms with van der Waals surface area (Å²) in [6, 6.07) is 0. The SMILES string of the molecule is OCCCCCO.[CH]1CCCCC1. The fourth-order valence-electron chi connectivity index (χ4n) is 1.30. The second kappa shape index (κ2) is 11.9. The maximum absolute atomic E-state index is 8.21. The summed E-state index contributed by atoms with van der Waals surface area (Å²) in [4.78, 5) is 0. The van der Waals surface area contributed by atoms with E-state index in [-0.39, 0.29) is 13.2 Å². The van der Waals surface area contributed by atoms with E-state index in [1.807, 2.05) is 0 Å². The molecule has 0 bridgehead atoms. The maximum atomic E-state index is 8.21. The van der Waals surface area contributed by atoms with Gasteiger partial charge in [-0.1, -0.05) is 32.1 Å². The van der Waals surface area contributed by atoms with Crippen molar-refractivity contribution in [3.8, 4) is 0 Å². The first-order valence-electron chi connectivity index (χ1n) is 5.45. The third-order valence-corrected chi connectivity index (χ3v) is 2.13. The maximum Gasteiger partial charge on any atom is 0.0431 e. The molecule has 0 saturated heterocycles. The van der Waals surface area contributed by atoms with E-state index in [1.54, 1.807) is 0 Å². The van der Waals surface area contributed by atoms with Crippen LogP contribution in [0.4, 0.5) is 0 Å². The summed E-state index contributed by atoms with van der Waals surface area (Å²) in [5, 5.41) is 16.4. The summed E-state index contributed by atoms with van der Waals surface area (Å²) >= 11 is 0. The van der Waals surface area contributed by atoms with Crippen molar-refractivity contribution in [2.24, 2.45) is 0 Å². The fourth-order valence-corrected chi connectivity index (χ4v) is 1.30. The number of hydrogen-bond acceptors (Lipinski definition) is 2. The van der Waals surface area contributed by atoms with Crippen LogP contribution in [0.25, 0.3) is 0 Å². The summed E-state index contributed by atoms with van der Waals surface area (Å²) in [7, 11) is 0. The van der Waals surface area contributed by atoms with E-state index in [0.29, 0.717) is 0 Å². The van der Waals surface area contributed by atoms with Gasteiger partial charge in [-0.2, -0.15) is 0 Å². The van der Waals surface area contributed by atoms with E-state index in [1.165, 1.54) is 32.1 Å². The number of rotatable bonds is 4. The summed E-state index contributed by atoms with van der Waals surface area (Å²) in [6.07, 6.45) is 12.1. The standard InChI is InChI=1S/C6H11.C5H12O2/c1-2-4-6-5-3-1;6-4-2-1-3-5-7/h1H,2-6H2;6-7H,1-5H2. The summed E-state index contributed by atoms with van der Waals surface area (Å²) in [5.74, 6) is 0. The topological polar surface area (TPSA) is 40.5 Å². The Morgan fingerprint density at radius 1 is 0.769 bits per heavy atom. The van der Waals surface area contributed by atoms with Crippen LogP contribution in [-0.4, -0.2) is 23.4 Å². The zero-order valence-corrected chi connectivity index (χ0v) is 8.54. The third kappa shape index (κ3) is 11.9. The van der Waals surface area contributed by atoms with Crippen LogP contribution >= 0.6 is 0 Å². The molecule has 0 aromatic carbocycles. The van der Waals surface area contributed by atoms with Crippen molar-refractivity contribution in [2.45, 2.75) is 51.4 Å². The van der Waals surface area contributed by atoms with Gasteiger partial charge in [0.15, 0.2) is 0 Å². The van der Waals surface area contributed by atoms with E-state index in [2.05, 4.69) is 6.42 Å². The molecule has 0 unspecified atom stereocenters. The molecule has 0 atom stereocenters. The molecule has 13 heavy (non-hydrogen) atoms. The van der Waals surface area contributed by atoms with Gasteiger partial charge in [-0.15, -0.1) is 0 Å². The molecule has 1 aliphatic rings. The molecule has 0 aliphatic heterocycles. The van der Waals surface area contributed by atoms with E-state index in [9.17, 15) is 0 Å². The van der Waals surface area contributed by atoms with E-state index >= 15 is 0 Å². The first-order valence-corrected chi connectivity index (χ1v) is 5.45. The number of aliphatic hydroxyl groups excluding tert-OH is 2. The lowest BCUT2D eigenvalue weighted by Gasteiger charge is -2.05. The van der Waals surface area contributed by atoms with Crippen LogP contribution in [0.1, 0.15) is 51.4 Å². The fraction of sp³-hybridized carbons (Fsp3) is 0.909. The lowest BCUT2D eigenvalue weighted by molar-refractivity contribution is 0.257. The van der Waals surface area contributed by atoms with Crippen molar-refractivity contribution in [1.29, 1.82) is 0 Å². The van der Waals surface area contributed by atoms with Crippen LogP contribution in [0.5, 0.6) is 0 Å². The molecule has 2 heteroatoms. The average molecular weight is 187 g/mol. The Balaban J connectivity index is 0.000000223. The van der Waals surface area contributed by atoms with Crippen LogP contribution in [-0.2, 0) is 0 Å². The van der Waals surface area contributed by atoms with Crippen LogP contribution in [0.2, 0.25) is 0 Å². The molecule has 1 saturated carbocycles. The quantitative estimate of drug-likeness (QED) is 0.663. The second-order valence-corrected chi connectivity index (χ2v) is 3.43. The van der Waals surface area contributed by atoms with Gasteiger partial charge in [-0.25, -0.2) is 0 Å². The monoisotopic (exact) mass is 187 g/mol. The van der Waals surface area contributed by atoms with Crippen LogP contribution in [0.3, 0.4) is 0 Å². The molecule has 0 aromatic heterocycles. The normalized spacial score (nSPS) is 16.2. The Labute approximate surface area is 82.0 Å². The number of aliphatic hydroxyl groups is 2. The zero-order chi connectivity index (χ0) is 9.78. The van der Waals surface area contributed by atoms with Crippen LogP contribution < -0.4 is 0 Å². The predicted molar refractivity (Wildman–Crippen MR) is 55.4 cm³/mol. The van der Waals surface area contributed by atoms with E-state index in [0.717, 1.165) is 19.3 Å². The molecule has 79 valence electrons. The smallest absolute Gasteiger partial charge is 0.0431 e. The molecular weight excluding hydrogens is 164 g/mol. The molecule has 2 nitrogen and oxygen atoms in total. The van der Waals surface area contributed by atoms with Gasteiger partial charge in [0.2, 0.25) is 0 Å². The molecule has 1 radical (unpaired) electrons. The van der Waals surface area contributed by atoms with Crippen LogP contribution in [0, 0.1) is 6.42 Å². The number of hydrogen-bond donors (Lipinski definition) is 2. The molecule has 1 rings (SSSR count). The van der Waals surface area contributed by atoms with Crippen molar-refractivity contribution in [1.82, 2.24) is 0 Å². The molecule has 0 heterocycles. The molecule has 2 N–H and O–H groups in total. The van der Waals surface area contributed by atoms with Crippen molar-refractivity contribution < 1.29 is 10.2 Å². The van der Waals surface area contributed by atoms with Gasteiger partial charge in [0.05, 0.1) is 0 Å². The molecule has 0 amide bonds. The first kappa shape index (κ1) is 12.9. The van der Waals surface area contributed by atoms with Gasteiger partial charge < -0.3 is 10.2 Å². The van der Waals surface area contributed by atoms with E-state index < -0.39 is 0 Å². The molecular formula is C11H23O2. The minimum Gasteiger partial charge on any atom is -0.396 e. The van der Waals surface area contributed by atoms with Crippen molar-refractivity contribution >= 4 is 0 Å². The second-order valence-electron chi connectivity index (χ2n) is 3.43. The summed E-state index contributed by atoms with van der Waals surface area (Å²) < 4.78 is 0. The first-order chi connectivity index (χ1) is 6.41. The van der Waals surface area contributed by atoms with Gasteiger partial charge in [0.1, 0.15) is 0 Å². The highest BCUT2D eigenvalue weighted by molar-refractivity contribution is 4.69. The lowest BCUT2D eigenvalue weighted by Crippen LogP contribution is -1.87. The molecule has 1 fully saturated rings. The Morgan fingerprint density at radius 2 is 1.31 bits per heavy atom. The van der Waals surface area contributed by atoms with Gasteiger partial charge in [-0.3, -0.25) is 0 Å². The van der Waals surface area contributed by atoms with Gasteiger partial charge >= 0.3 is 0 Å². The highest BCUT2D eigenvalue weighted by Crippen LogP contribution is 2.14. The minimum absolute atomic E-state index is 0.250. The Hall–Kier alpha value is -0.0800. The Kier molecular flexibility index (Phi) is 11.8. The van der Waals surface area contributed by atoms with Gasteiger partial charge in [0.25, 0.3) is 0 Å². The minimum atomic E-state index is 0.250. The van der Waals surface area contributed by atoms with Gasteiger partial charge in [0, 0.05) is 13.2 Å². The van der Waals surface area contributed by atoms with Crippen LogP contribution in [0.15, 0.2) is 0 Å². The van der Waals surface area contributed by atoms with Crippen molar-refractivity contribution in [3.05, 3.63) is 6.42 Å². The van der Waals surface area contributed by atoms with Gasteiger partial charge in [-0.05, 0) is 25.7 Å². The molecule has 1 aliphatic carbocycles. The largest absolute Gasteiger partial charge is 0.396 e. The highest BCUT2D eigenvalue weighted by Gasteiger charge is 1.95. The Morgan fingerprint density at radius 3 is 1.54 bits per heavy atom. The number of unbranched alkanes of at least 4 members (excludes halogenated alkanes) is 2. The van der Waals surface area contributed by atoms with E-state index in [4.69, 9.17) is 10.2 Å². The average Bonchev–Trinajstić information content (AvgIpc) is 2.22. The zero-order valence-electron chi connectivity index (χ0n) is 8.54. The van der Waals surface area contributed by atoms with Crippen molar-refractivity contribution in [2.75, 3.05) is 13.2 Å². The third-order valence-electron chi connectivity index (χ3n) is 2.13. The summed E-state index contributed by atoms with van der Waals surface area (Å²) in [5.41, 5.74) is 0. The molecule has 0 aromatic rings. The molecule has 0 spiro atoms. The highest BCUT2D eigenvalue weighted by atomic mass is 16.3.